The van der Waals surface area contributed by atoms with Gasteiger partial charge in [0.2, 0.25) is 0 Å². The molecule has 0 radical (unpaired) electrons. The minimum atomic E-state index is -1.55. The maximum absolute atomic E-state index is 10.5. The van der Waals surface area contributed by atoms with Crippen molar-refractivity contribution in [3.05, 3.63) is 0 Å². The van der Waals surface area contributed by atoms with E-state index < -0.39 is 11.1 Å². The molecule has 10 heavy (non-hydrogen) atoms. The molecule has 0 aromatic carbocycles. The van der Waals surface area contributed by atoms with Gasteiger partial charge in [0, 0.05) is 19.5 Å². The van der Waals surface area contributed by atoms with Crippen LogP contribution in [-0.2, 0) is 30.6 Å². The van der Waals surface area contributed by atoms with Gasteiger partial charge in [-0.3, -0.25) is 0 Å². The SMILES string of the molecule is O=S(O)C1CCCCC1.[Zn]. The van der Waals surface area contributed by atoms with E-state index in [-0.39, 0.29) is 24.7 Å². The molecular weight excluding hydrogens is 202 g/mol. The second-order valence-corrected chi connectivity index (χ2v) is 3.76. The standard InChI is InChI=1S/C6H12O2S.Zn/c7-9(8)6-4-2-1-3-5-6;/h6H,1-5H2,(H,7,8);. The topological polar surface area (TPSA) is 37.3 Å². The van der Waals surface area contributed by atoms with E-state index in [2.05, 4.69) is 0 Å². The predicted octanol–water partition coefficient (Wildman–Crippen LogP) is 1.54. The van der Waals surface area contributed by atoms with Crippen molar-refractivity contribution in [3.8, 4) is 0 Å². The van der Waals surface area contributed by atoms with Crippen molar-refractivity contribution in [3.63, 3.8) is 0 Å². The molecule has 0 spiro atoms. The van der Waals surface area contributed by atoms with E-state index >= 15 is 0 Å². The van der Waals surface area contributed by atoms with Gasteiger partial charge in [-0.05, 0) is 12.8 Å². The Bertz CT molecular complexity index is 112. The maximum Gasteiger partial charge on any atom is 0.155 e. The summed E-state index contributed by atoms with van der Waals surface area (Å²) in [6.07, 6.45) is 5.41. The molecule has 2 nitrogen and oxygen atoms in total. The molecule has 1 aliphatic carbocycles. The van der Waals surface area contributed by atoms with Crippen LogP contribution >= 0.6 is 0 Å². The molecule has 1 saturated carbocycles. The number of hydrogen-bond acceptors (Lipinski definition) is 1. The molecule has 0 saturated heterocycles. The number of rotatable bonds is 1. The average molecular weight is 214 g/mol. The summed E-state index contributed by atoms with van der Waals surface area (Å²) in [6, 6.07) is 0. The third-order valence-electron chi connectivity index (χ3n) is 1.84. The van der Waals surface area contributed by atoms with Gasteiger partial charge >= 0.3 is 0 Å². The van der Waals surface area contributed by atoms with E-state index in [1.165, 1.54) is 6.42 Å². The average Bonchev–Trinajstić information content (AvgIpc) is 1.90. The van der Waals surface area contributed by atoms with Gasteiger partial charge in [0.25, 0.3) is 0 Å². The summed E-state index contributed by atoms with van der Waals surface area (Å²) >= 11 is -1.55. The zero-order valence-electron chi connectivity index (χ0n) is 6.08. The van der Waals surface area contributed by atoms with Gasteiger partial charge in [0.05, 0.1) is 5.25 Å². The molecule has 0 bridgehead atoms. The van der Waals surface area contributed by atoms with Crippen molar-refractivity contribution in [1.29, 1.82) is 0 Å². The molecule has 4 heteroatoms. The summed E-state index contributed by atoms with van der Waals surface area (Å²) in [5.41, 5.74) is 0. The first kappa shape index (κ1) is 10.7. The van der Waals surface area contributed by atoms with Gasteiger partial charge < -0.3 is 4.55 Å². The van der Waals surface area contributed by atoms with Crippen LogP contribution in [0.2, 0.25) is 0 Å². The monoisotopic (exact) mass is 212 g/mol. The molecule has 1 fully saturated rings. The summed E-state index contributed by atoms with van der Waals surface area (Å²) in [6.45, 7) is 0. The largest absolute Gasteiger partial charge is 0.306 e. The molecule has 1 atom stereocenters. The van der Waals surface area contributed by atoms with Crippen LogP contribution in [0.5, 0.6) is 0 Å². The summed E-state index contributed by atoms with van der Waals surface area (Å²) in [4.78, 5) is 0. The first-order chi connectivity index (χ1) is 4.30. The Morgan fingerprint density at radius 1 is 1.20 bits per heavy atom. The molecule has 0 aliphatic heterocycles. The smallest absolute Gasteiger partial charge is 0.155 e. The molecule has 0 amide bonds. The molecule has 1 unspecified atom stereocenters. The van der Waals surface area contributed by atoms with Gasteiger partial charge in [0.1, 0.15) is 0 Å². The van der Waals surface area contributed by atoms with Crippen LogP contribution in [0.15, 0.2) is 0 Å². The van der Waals surface area contributed by atoms with Gasteiger partial charge in [-0.1, -0.05) is 19.3 Å². The summed E-state index contributed by atoms with van der Waals surface area (Å²) < 4.78 is 19.1. The van der Waals surface area contributed by atoms with Crippen LogP contribution in [-0.4, -0.2) is 14.0 Å². The molecule has 0 aromatic rings. The van der Waals surface area contributed by atoms with Crippen molar-refractivity contribution in [1.82, 2.24) is 0 Å². The van der Waals surface area contributed by atoms with E-state index in [1.807, 2.05) is 0 Å². The molecule has 0 heterocycles. The van der Waals surface area contributed by atoms with Gasteiger partial charge in [-0.15, -0.1) is 0 Å². The fraction of sp³-hybridized carbons (Fsp3) is 1.00. The Kier molecular flexibility index (Phi) is 5.79. The summed E-state index contributed by atoms with van der Waals surface area (Å²) in [5, 5.41) is 0.0822. The Balaban J connectivity index is 0.000000810. The second kappa shape index (κ2) is 5.39. The van der Waals surface area contributed by atoms with E-state index in [4.69, 9.17) is 4.55 Å². The fourth-order valence-corrected chi connectivity index (χ4v) is 2.00. The molecule has 0 aromatic heterocycles. The number of hydrogen-bond donors (Lipinski definition) is 1. The first-order valence-corrected chi connectivity index (χ1v) is 4.57. The minimum absolute atomic E-state index is 0. The van der Waals surface area contributed by atoms with Crippen LogP contribution in [0, 0.1) is 0 Å². The Morgan fingerprint density at radius 2 is 1.70 bits per heavy atom. The van der Waals surface area contributed by atoms with Crippen molar-refractivity contribution in [2.75, 3.05) is 0 Å². The minimum Gasteiger partial charge on any atom is -0.306 e. The van der Waals surface area contributed by atoms with Crippen LogP contribution < -0.4 is 0 Å². The Labute approximate surface area is 76.8 Å². The van der Waals surface area contributed by atoms with Crippen LogP contribution in [0.25, 0.3) is 0 Å². The normalized spacial score (nSPS) is 23.3. The van der Waals surface area contributed by atoms with Crippen molar-refractivity contribution >= 4 is 11.1 Å². The first-order valence-electron chi connectivity index (χ1n) is 3.40. The zero-order valence-corrected chi connectivity index (χ0v) is 9.87. The summed E-state index contributed by atoms with van der Waals surface area (Å²) in [7, 11) is 0. The third kappa shape index (κ3) is 3.22. The Hall–Kier alpha value is 0.733. The fourth-order valence-electron chi connectivity index (χ4n) is 1.27. The van der Waals surface area contributed by atoms with Gasteiger partial charge in [-0.25, -0.2) is 4.21 Å². The zero-order chi connectivity index (χ0) is 6.69. The third-order valence-corrected chi connectivity index (χ3v) is 2.88. The van der Waals surface area contributed by atoms with Gasteiger partial charge in [0.15, 0.2) is 11.1 Å². The molecular formula is C6H12O2SZn. The maximum atomic E-state index is 10.5. The summed E-state index contributed by atoms with van der Waals surface area (Å²) in [5.74, 6) is 0. The van der Waals surface area contributed by atoms with Crippen molar-refractivity contribution < 1.29 is 28.2 Å². The van der Waals surface area contributed by atoms with Crippen molar-refractivity contribution in [2.45, 2.75) is 37.4 Å². The van der Waals surface area contributed by atoms with Gasteiger partial charge in [-0.2, -0.15) is 0 Å². The van der Waals surface area contributed by atoms with Crippen LogP contribution in [0.4, 0.5) is 0 Å². The molecule has 56 valence electrons. The molecule has 1 aliphatic rings. The predicted molar refractivity (Wildman–Crippen MR) is 37.6 cm³/mol. The second-order valence-electron chi connectivity index (χ2n) is 2.54. The van der Waals surface area contributed by atoms with Crippen molar-refractivity contribution in [2.24, 2.45) is 0 Å². The van der Waals surface area contributed by atoms with E-state index in [0.717, 1.165) is 25.7 Å². The van der Waals surface area contributed by atoms with E-state index in [1.54, 1.807) is 0 Å². The van der Waals surface area contributed by atoms with E-state index in [9.17, 15) is 4.21 Å². The van der Waals surface area contributed by atoms with Crippen LogP contribution in [0.1, 0.15) is 32.1 Å². The molecule has 1 N–H and O–H groups in total. The van der Waals surface area contributed by atoms with E-state index in [0.29, 0.717) is 0 Å². The quantitative estimate of drug-likeness (QED) is 0.530. The van der Waals surface area contributed by atoms with Crippen LogP contribution in [0.3, 0.4) is 0 Å². The Morgan fingerprint density at radius 3 is 2.00 bits per heavy atom. The molecule has 1 rings (SSSR count).